The van der Waals surface area contributed by atoms with E-state index in [1.165, 1.54) is 11.3 Å². The van der Waals surface area contributed by atoms with E-state index in [-0.39, 0.29) is 12.0 Å². The van der Waals surface area contributed by atoms with Crippen molar-refractivity contribution in [2.75, 3.05) is 44.8 Å². The van der Waals surface area contributed by atoms with Crippen LogP contribution < -0.4 is 9.64 Å². The predicted molar refractivity (Wildman–Crippen MR) is 85.5 cm³/mol. The van der Waals surface area contributed by atoms with Crippen LogP contribution in [0.3, 0.4) is 0 Å². The Bertz CT molecular complexity index is 547. The summed E-state index contributed by atoms with van der Waals surface area (Å²) < 4.78 is 10.8. The van der Waals surface area contributed by atoms with Gasteiger partial charge in [0.05, 0.1) is 26.4 Å². The molecule has 0 N–H and O–H groups in total. The zero-order valence-electron chi connectivity index (χ0n) is 13.4. The van der Waals surface area contributed by atoms with Crippen LogP contribution in [0, 0.1) is 0 Å². The minimum absolute atomic E-state index is 0.135. The molecule has 0 radical (unpaired) electrons. The fourth-order valence-electron chi connectivity index (χ4n) is 3.25. The maximum atomic E-state index is 12.5. The number of aryl methyl sites for hydroxylation is 1. The zero-order chi connectivity index (χ0) is 15.5. The zero-order valence-corrected chi connectivity index (χ0v) is 13.4. The Kier molecular flexibility index (Phi) is 4.52. The molecule has 5 nitrogen and oxygen atoms in total. The standard InChI is InChI=1S/C17H24N2O3/c1-13-11-19(8-9-22-13)17(20)12-18-7-3-4-14-10-15(21-2)5-6-16(14)18/h5-6,10,13H,3-4,7-9,11-12H2,1-2H3/t13-/m0/s1. The second-order valence-corrected chi connectivity index (χ2v) is 6.04. The summed E-state index contributed by atoms with van der Waals surface area (Å²) in [6, 6.07) is 6.13. The molecule has 2 aliphatic rings. The van der Waals surface area contributed by atoms with Gasteiger partial charge in [0, 0.05) is 25.3 Å². The largest absolute Gasteiger partial charge is 0.497 e. The average molecular weight is 304 g/mol. The predicted octanol–water partition coefficient (Wildman–Crippen LogP) is 1.70. The number of ether oxygens (including phenoxy) is 2. The smallest absolute Gasteiger partial charge is 0.242 e. The van der Waals surface area contributed by atoms with Crippen LogP contribution in [0.1, 0.15) is 18.9 Å². The third kappa shape index (κ3) is 3.19. The molecular formula is C17H24N2O3. The SMILES string of the molecule is COc1ccc2c(c1)CCCN2CC(=O)N1CCO[C@@H](C)C1. The summed E-state index contributed by atoms with van der Waals surface area (Å²) in [7, 11) is 1.69. The molecule has 2 aliphatic heterocycles. The van der Waals surface area contributed by atoms with Gasteiger partial charge in [-0.25, -0.2) is 0 Å². The van der Waals surface area contributed by atoms with Gasteiger partial charge < -0.3 is 19.3 Å². The highest BCUT2D eigenvalue weighted by Gasteiger charge is 2.25. The molecule has 0 saturated carbocycles. The molecule has 1 saturated heterocycles. The van der Waals surface area contributed by atoms with Crippen molar-refractivity contribution in [2.24, 2.45) is 0 Å². The molecule has 0 bridgehead atoms. The number of benzene rings is 1. The van der Waals surface area contributed by atoms with Crippen LogP contribution in [0.25, 0.3) is 0 Å². The third-order valence-electron chi connectivity index (χ3n) is 4.42. The van der Waals surface area contributed by atoms with E-state index in [1.54, 1.807) is 7.11 Å². The van der Waals surface area contributed by atoms with E-state index in [4.69, 9.17) is 9.47 Å². The van der Waals surface area contributed by atoms with Crippen molar-refractivity contribution in [1.29, 1.82) is 0 Å². The van der Waals surface area contributed by atoms with Crippen LogP contribution in [0.4, 0.5) is 5.69 Å². The van der Waals surface area contributed by atoms with Gasteiger partial charge in [-0.05, 0) is 43.5 Å². The Morgan fingerprint density at radius 3 is 3.05 bits per heavy atom. The molecule has 0 unspecified atom stereocenters. The first-order chi connectivity index (χ1) is 10.7. The molecule has 0 spiro atoms. The van der Waals surface area contributed by atoms with Crippen LogP contribution in [0.2, 0.25) is 0 Å². The van der Waals surface area contributed by atoms with E-state index in [2.05, 4.69) is 17.0 Å². The van der Waals surface area contributed by atoms with Gasteiger partial charge in [-0.15, -0.1) is 0 Å². The van der Waals surface area contributed by atoms with Gasteiger partial charge in [0.25, 0.3) is 0 Å². The van der Waals surface area contributed by atoms with Gasteiger partial charge in [-0.2, -0.15) is 0 Å². The summed E-state index contributed by atoms with van der Waals surface area (Å²) in [6.45, 7) is 5.44. The van der Waals surface area contributed by atoms with E-state index in [0.717, 1.165) is 25.1 Å². The summed E-state index contributed by atoms with van der Waals surface area (Å²) in [5.74, 6) is 1.08. The van der Waals surface area contributed by atoms with E-state index >= 15 is 0 Å². The van der Waals surface area contributed by atoms with E-state index in [9.17, 15) is 4.79 Å². The molecule has 22 heavy (non-hydrogen) atoms. The van der Waals surface area contributed by atoms with Crippen molar-refractivity contribution in [3.05, 3.63) is 23.8 Å². The van der Waals surface area contributed by atoms with Crippen molar-refractivity contribution in [2.45, 2.75) is 25.9 Å². The van der Waals surface area contributed by atoms with Crippen molar-refractivity contribution in [1.82, 2.24) is 4.90 Å². The molecule has 1 aromatic carbocycles. The minimum atomic E-state index is 0.135. The number of fused-ring (bicyclic) bond motifs is 1. The number of carbonyl (C=O) groups is 1. The van der Waals surface area contributed by atoms with Crippen LogP contribution >= 0.6 is 0 Å². The average Bonchev–Trinajstić information content (AvgIpc) is 2.54. The second kappa shape index (κ2) is 6.57. The number of amides is 1. The van der Waals surface area contributed by atoms with Gasteiger partial charge in [0.15, 0.2) is 0 Å². The first-order valence-corrected chi connectivity index (χ1v) is 7.98. The summed E-state index contributed by atoms with van der Waals surface area (Å²) in [5.41, 5.74) is 2.44. The second-order valence-electron chi connectivity index (χ2n) is 6.04. The molecule has 3 rings (SSSR count). The van der Waals surface area contributed by atoms with Crippen LogP contribution in [0.15, 0.2) is 18.2 Å². The van der Waals surface area contributed by atoms with Gasteiger partial charge in [0.2, 0.25) is 5.91 Å². The first kappa shape index (κ1) is 15.2. The van der Waals surface area contributed by atoms with E-state index in [0.29, 0.717) is 26.2 Å². The summed E-state index contributed by atoms with van der Waals surface area (Å²) in [6.07, 6.45) is 2.26. The molecule has 0 aliphatic carbocycles. The number of anilines is 1. The van der Waals surface area contributed by atoms with Crippen molar-refractivity contribution >= 4 is 11.6 Å². The maximum absolute atomic E-state index is 12.5. The molecule has 5 heteroatoms. The van der Waals surface area contributed by atoms with Crippen LogP contribution in [-0.2, 0) is 16.0 Å². The third-order valence-corrected chi connectivity index (χ3v) is 4.42. The summed E-state index contributed by atoms with van der Waals surface area (Å²) >= 11 is 0. The lowest BCUT2D eigenvalue weighted by Crippen LogP contribution is -2.49. The number of hydrogen-bond acceptors (Lipinski definition) is 4. The number of carbonyl (C=O) groups excluding carboxylic acids is 1. The van der Waals surface area contributed by atoms with Gasteiger partial charge in [0.1, 0.15) is 5.75 Å². The quantitative estimate of drug-likeness (QED) is 0.852. The fraction of sp³-hybridized carbons (Fsp3) is 0.588. The lowest BCUT2D eigenvalue weighted by molar-refractivity contribution is -0.136. The highest BCUT2D eigenvalue weighted by molar-refractivity contribution is 5.82. The number of methoxy groups -OCH3 is 1. The Labute approximate surface area is 131 Å². The fourth-order valence-corrected chi connectivity index (χ4v) is 3.25. The number of morpholine rings is 1. The lowest BCUT2D eigenvalue weighted by atomic mass is 10.0. The highest BCUT2D eigenvalue weighted by atomic mass is 16.5. The number of rotatable bonds is 3. The van der Waals surface area contributed by atoms with Gasteiger partial charge in [-0.1, -0.05) is 0 Å². The highest BCUT2D eigenvalue weighted by Crippen LogP contribution is 2.30. The number of nitrogens with zero attached hydrogens (tertiary/aromatic N) is 2. The molecular weight excluding hydrogens is 280 g/mol. The normalized spacial score (nSPS) is 21.5. The molecule has 1 fully saturated rings. The molecule has 2 heterocycles. The maximum Gasteiger partial charge on any atom is 0.242 e. The van der Waals surface area contributed by atoms with Crippen LogP contribution in [0.5, 0.6) is 5.75 Å². The topological polar surface area (TPSA) is 42.0 Å². The Hall–Kier alpha value is -1.75. The monoisotopic (exact) mass is 304 g/mol. The molecule has 1 aromatic rings. The Morgan fingerprint density at radius 1 is 1.41 bits per heavy atom. The first-order valence-electron chi connectivity index (χ1n) is 7.98. The molecule has 120 valence electrons. The van der Waals surface area contributed by atoms with E-state index < -0.39 is 0 Å². The molecule has 1 atom stereocenters. The van der Waals surface area contributed by atoms with Crippen molar-refractivity contribution in [3.63, 3.8) is 0 Å². The molecule has 1 amide bonds. The molecule has 0 aromatic heterocycles. The Morgan fingerprint density at radius 2 is 2.27 bits per heavy atom. The van der Waals surface area contributed by atoms with Crippen LogP contribution in [-0.4, -0.2) is 56.8 Å². The lowest BCUT2D eigenvalue weighted by Gasteiger charge is -2.35. The summed E-state index contributed by atoms with van der Waals surface area (Å²) in [5, 5.41) is 0. The van der Waals surface area contributed by atoms with E-state index in [1.807, 2.05) is 17.9 Å². The van der Waals surface area contributed by atoms with Crippen molar-refractivity contribution < 1.29 is 14.3 Å². The minimum Gasteiger partial charge on any atom is -0.497 e. The van der Waals surface area contributed by atoms with Gasteiger partial charge in [-0.3, -0.25) is 4.79 Å². The van der Waals surface area contributed by atoms with Crippen molar-refractivity contribution in [3.8, 4) is 5.75 Å². The Balaban J connectivity index is 1.70. The van der Waals surface area contributed by atoms with Gasteiger partial charge >= 0.3 is 0 Å². The number of hydrogen-bond donors (Lipinski definition) is 0. The summed E-state index contributed by atoms with van der Waals surface area (Å²) in [4.78, 5) is 16.7.